The van der Waals surface area contributed by atoms with Crippen LogP contribution in [0.1, 0.15) is 26.5 Å². The number of ether oxygens (including phenoxy) is 2. The second-order valence-electron chi connectivity index (χ2n) is 6.39. The van der Waals surface area contributed by atoms with Crippen LogP contribution in [0.4, 0.5) is 0 Å². The van der Waals surface area contributed by atoms with Crippen molar-refractivity contribution < 1.29 is 9.47 Å². The molecule has 0 saturated carbocycles. The fourth-order valence-corrected chi connectivity index (χ4v) is 2.10. The third-order valence-electron chi connectivity index (χ3n) is 3.20. The average Bonchev–Trinajstić information content (AvgIpc) is 2.31. The van der Waals surface area contributed by atoms with E-state index >= 15 is 0 Å². The lowest BCUT2D eigenvalue weighted by molar-refractivity contribution is -0.0319. The molecule has 112 valence electrons. The topological polar surface area (TPSA) is 47.5 Å². The average molecular weight is 279 g/mol. The second-order valence-corrected chi connectivity index (χ2v) is 6.39. The van der Waals surface area contributed by atoms with Gasteiger partial charge in [-0.15, -0.1) is 0 Å². The molecular formula is C15H25N3O2. The molecule has 0 amide bonds. The van der Waals surface area contributed by atoms with Gasteiger partial charge in [-0.25, -0.2) is 4.98 Å². The van der Waals surface area contributed by atoms with Gasteiger partial charge in [0.1, 0.15) is 0 Å². The second kappa shape index (κ2) is 6.50. The van der Waals surface area contributed by atoms with Gasteiger partial charge in [-0.05, 0) is 27.7 Å². The highest BCUT2D eigenvalue weighted by Crippen LogP contribution is 2.17. The van der Waals surface area contributed by atoms with Crippen LogP contribution in [0.25, 0.3) is 0 Å². The predicted octanol–water partition coefficient (Wildman–Crippen LogP) is 1.91. The molecule has 5 heteroatoms. The maximum absolute atomic E-state index is 5.72. The van der Waals surface area contributed by atoms with E-state index in [4.69, 9.17) is 9.47 Å². The zero-order valence-electron chi connectivity index (χ0n) is 12.9. The summed E-state index contributed by atoms with van der Waals surface area (Å²) in [5, 5.41) is 0. The monoisotopic (exact) mass is 279 g/mol. The Morgan fingerprint density at radius 1 is 1.25 bits per heavy atom. The van der Waals surface area contributed by atoms with Crippen molar-refractivity contribution in [2.45, 2.75) is 33.3 Å². The zero-order valence-corrected chi connectivity index (χ0v) is 12.9. The van der Waals surface area contributed by atoms with E-state index in [1.807, 2.05) is 6.92 Å². The third-order valence-corrected chi connectivity index (χ3v) is 3.20. The molecule has 1 saturated heterocycles. The summed E-state index contributed by atoms with van der Waals surface area (Å²) >= 11 is 0. The van der Waals surface area contributed by atoms with Gasteiger partial charge in [0.05, 0.1) is 36.9 Å². The van der Waals surface area contributed by atoms with Crippen molar-refractivity contribution in [1.29, 1.82) is 0 Å². The number of aryl methyl sites for hydroxylation is 1. The normalized spacial score (nSPS) is 17.0. The Morgan fingerprint density at radius 3 is 2.60 bits per heavy atom. The molecule has 20 heavy (non-hydrogen) atoms. The van der Waals surface area contributed by atoms with Crippen LogP contribution in [-0.2, 0) is 4.74 Å². The van der Waals surface area contributed by atoms with E-state index < -0.39 is 0 Å². The highest BCUT2D eigenvalue weighted by atomic mass is 16.5. The third kappa shape index (κ3) is 5.06. The van der Waals surface area contributed by atoms with Gasteiger partial charge in [-0.1, -0.05) is 0 Å². The lowest BCUT2D eigenvalue weighted by atomic mass is 10.0. The molecule has 0 bridgehead atoms. The van der Waals surface area contributed by atoms with Crippen molar-refractivity contribution in [3.05, 3.63) is 18.1 Å². The molecule has 0 spiro atoms. The van der Waals surface area contributed by atoms with E-state index in [0.717, 1.165) is 31.9 Å². The molecule has 1 fully saturated rings. The number of hydrogen-bond acceptors (Lipinski definition) is 5. The van der Waals surface area contributed by atoms with Gasteiger partial charge in [0.25, 0.3) is 0 Å². The quantitative estimate of drug-likeness (QED) is 0.796. The molecule has 1 aliphatic rings. The van der Waals surface area contributed by atoms with Gasteiger partial charge < -0.3 is 14.4 Å². The molecule has 5 nitrogen and oxygen atoms in total. The highest BCUT2D eigenvalue weighted by Gasteiger charge is 2.27. The van der Waals surface area contributed by atoms with Crippen LogP contribution >= 0.6 is 0 Å². The van der Waals surface area contributed by atoms with E-state index in [1.54, 1.807) is 12.4 Å². The Hall–Kier alpha value is -1.20. The maximum Gasteiger partial charge on any atom is 0.232 e. The molecule has 0 aliphatic carbocycles. The lowest BCUT2D eigenvalue weighted by Gasteiger charge is -2.39. The van der Waals surface area contributed by atoms with Gasteiger partial charge >= 0.3 is 0 Å². The highest BCUT2D eigenvalue weighted by molar-refractivity contribution is 5.06. The largest absolute Gasteiger partial charge is 0.476 e. The first-order chi connectivity index (χ1) is 9.42. The van der Waals surface area contributed by atoms with Gasteiger partial charge in [-0.3, -0.25) is 4.98 Å². The van der Waals surface area contributed by atoms with Gasteiger partial charge in [-0.2, -0.15) is 0 Å². The molecule has 2 heterocycles. The minimum absolute atomic E-state index is 0.0442. The summed E-state index contributed by atoms with van der Waals surface area (Å²) in [6, 6.07) is 0. The number of rotatable bonds is 6. The van der Waals surface area contributed by atoms with Crippen molar-refractivity contribution in [3.63, 3.8) is 0 Å². The molecular weight excluding hydrogens is 254 g/mol. The molecule has 0 aromatic carbocycles. The van der Waals surface area contributed by atoms with Crippen molar-refractivity contribution in [2.24, 2.45) is 5.92 Å². The maximum atomic E-state index is 5.72. The number of aromatic nitrogens is 2. The van der Waals surface area contributed by atoms with Crippen LogP contribution in [0.3, 0.4) is 0 Å². The first-order valence-electron chi connectivity index (χ1n) is 7.20. The molecule has 0 radical (unpaired) electrons. The Bertz CT molecular complexity index is 408. The van der Waals surface area contributed by atoms with Crippen molar-refractivity contribution >= 4 is 0 Å². The smallest absolute Gasteiger partial charge is 0.232 e. The SMILES string of the molecule is Cc1cnc(OCC2CN(CCOC(C)(C)C)C2)cn1. The van der Waals surface area contributed by atoms with E-state index in [2.05, 4.69) is 35.6 Å². The summed E-state index contributed by atoms with van der Waals surface area (Å²) in [6.07, 6.45) is 3.41. The van der Waals surface area contributed by atoms with E-state index in [-0.39, 0.29) is 5.60 Å². The van der Waals surface area contributed by atoms with Gasteiger partial charge in [0.15, 0.2) is 0 Å². The van der Waals surface area contributed by atoms with Crippen LogP contribution in [0, 0.1) is 12.8 Å². The molecule has 0 N–H and O–H groups in total. The minimum Gasteiger partial charge on any atom is -0.476 e. The van der Waals surface area contributed by atoms with Crippen molar-refractivity contribution in [3.8, 4) is 5.88 Å². The Balaban J connectivity index is 1.57. The summed E-state index contributed by atoms with van der Waals surface area (Å²) in [6.45, 7) is 12.8. The van der Waals surface area contributed by atoms with Gasteiger partial charge in [0, 0.05) is 25.6 Å². The van der Waals surface area contributed by atoms with Crippen LogP contribution in [0.2, 0.25) is 0 Å². The molecule has 0 atom stereocenters. The Labute approximate surface area is 121 Å². The first-order valence-corrected chi connectivity index (χ1v) is 7.20. The standard InChI is InChI=1S/C15H25N3O2/c1-12-7-17-14(8-16-12)19-11-13-9-18(10-13)5-6-20-15(2,3)4/h7-8,13H,5-6,9-11H2,1-4H3. The zero-order chi connectivity index (χ0) is 14.6. The van der Waals surface area contributed by atoms with E-state index in [9.17, 15) is 0 Å². The van der Waals surface area contributed by atoms with Crippen molar-refractivity contribution in [1.82, 2.24) is 14.9 Å². The number of likely N-dealkylation sites (tertiary alicyclic amines) is 1. The van der Waals surface area contributed by atoms with Crippen molar-refractivity contribution in [2.75, 3.05) is 32.8 Å². The fraction of sp³-hybridized carbons (Fsp3) is 0.733. The Kier molecular flexibility index (Phi) is 4.94. The molecule has 2 rings (SSSR count). The summed E-state index contributed by atoms with van der Waals surface area (Å²) in [5.74, 6) is 1.21. The number of nitrogens with zero attached hydrogens (tertiary/aromatic N) is 3. The minimum atomic E-state index is -0.0442. The van der Waals surface area contributed by atoms with E-state index in [0.29, 0.717) is 18.4 Å². The molecule has 1 aliphatic heterocycles. The van der Waals surface area contributed by atoms with Gasteiger partial charge in [0.2, 0.25) is 5.88 Å². The van der Waals surface area contributed by atoms with Crippen LogP contribution < -0.4 is 4.74 Å². The van der Waals surface area contributed by atoms with Crippen LogP contribution in [0.5, 0.6) is 5.88 Å². The molecule has 1 aromatic heterocycles. The predicted molar refractivity (Wildman–Crippen MR) is 77.9 cm³/mol. The molecule has 0 unspecified atom stereocenters. The summed E-state index contributed by atoms with van der Waals surface area (Å²) in [4.78, 5) is 10.7. The number of hydrogen-bond donors (Lipinski definition) is 0. The first kappa shape index (κ1) is 15.2. The van der Waals surface area contributed by atoms with Crippen LogP contribution in [0.15, 0.2) is 12.4 Å². The summed E-state index contributed by atoms with van der Waals surface area (Å²) < 4.78 is 11.4. The molecule has 1 aromatic rings. The summed E-state index contributed by atoms with van der Waals surface area (Å²) in [7, 11) is 0. The fourth-order valence-electron chi connectivity index (χ4n) is 2.10. The summed E-state index contributed by atoms with van der Waals surface area (Å²) in [5.41, 5.74) is 0.864. The van der Waals surface area contributed by atoms with Crippen LogP contribution in [-0.4, -0.2) is 53.3 Å². The lowest BCUT2D eigenvalue weighted by Crippen LogP contribution is -2.50. The Morgan fingerprint density at radius 2 is 2.00 bits per heavy atom. The van der Waals surface area contributed by atoms with E-state index in [1.165, 1.54) is 0 Å².